The summed E-state index contributed by atoms with van der Waals surface area (Å²) < 4.78 is 3.05. The first-order valence-electron chi connectivity index (χ1n) is 6.21. The molecule has 0 aliphatic carbocycles. The number of amides is 1. The van der Waals surface area contributed by atoms with Crippen molar-refractivity contribution in [3.63, 3.8) is 0 Å². The van der Waals surface area contributed by atoms with E-state index in [2.05, 4.69) is 5.32 Å². The minimum atomic E-state index is -0.0640. The molecule has 3 aromatic rings. The molecule has 1 amide bonds. The van der Waals surface area contributed by atoms with Gasteiger partial charge in [-0.3, -0.25) is 4.79 Å². The van der Waals surface area contributed by atoms with Crippen molar-refractivity contribution in [3.05, 3.63) is 58.1 Å². The zero-order valence-electron chi connectivity index (χ0n) is 10.9. The van der Waals surface area contributed by atoms with Crippen molar-refractivity contribution in [1.29, 1.82) is 0 Å². The van der Waals surface area contributed by atoms with Gasteiger partial charge in [0.2, 0.25) is 0 Å². The normalized spacial score (nSPS) is 10.9. The second-order valence-corrected chi connectivity index (χ2v) is 5.95. The Balaban J connectivity index is 1.74. The van der Waals surface area contributed by atoms with Gasteiger partial charge in [0, 0.05) is 18.6 Å². The Labute approximate surface area is 125 Å². The molecule has 0 aliphatic heterocycles. The fourth-order valence-corrected chi connectivity index (χ4v) is 3.12. The van der Waals surface area contributed by atoms with Gasteiger partial charge in [-0.05, 0) is 35.2 Å². The minimum Gasteiger partial charge on any atom is -0.347 e. The number of carbonyl (C=O) groups excluding carboxylic acids is 1. The van der Waals surface area contributed by atoms with Gasteiger partial charge in [-0.2, -0.15) is 0 Å². The monoisotopic (exact) mass is 304 g/mol. The predicted molar refractivity (Wildman–Crippen MR) is 83.4 cm³/mol. The van der Waals surface area contributed by atoms with Gasteiger partial charge < -0.3 is 9.88 Å². The lowest BCUT2D eigenvalue weighted by Crippen LogP contribution is -2.24. The maximum Gasteiger partial charge on any atom is 0.268 e. The van der Waals surface area contributed by atoms with Crippen LogP contribution >= 0.6 is 22.9 Å². The largest absolute Gasteiger partial charge is 0.347 e. The van der Waals surface area contributed by atoms with Crippen molar-refractivity contribution in [1.82, 2.24) is 9.88 Å². The van der Waals surface area contributed by atoms with E-state index >= 15 is 0 Å². The molecule has 0 saturated carbocycles. The van der Waals surface area contributed by atoms with Crippen molar-refractivity contribution >= 4 is 39.1 Å². The summed E-state index contributed by atoms with van der Waals surface area (Å²) >= 11 is 7.47. The third kappa shape index (κ3) is 2.44. The van der Waals surface area contributed by atoms with E-state index in [4.69, 9.17) is 11.6 Å². The number of hydrogen-bond acceptors (Lipinski definition) is 2. The quantitative estimate of drug-likeness (QED) is 0.784. The average molecular weight is 305 g/mol. The highest BCUT2D eigenvalue weighted by Gasteiger charge is 2.13. The first-order valence-corrected chi connectivity index (χ1v) is 7.46. The Kier molecular flexibility index (Phi) is 3.51. The molecule has 1 N–H and O–H groups in total. The van der Waals surface area contributed by atoms with E-state index in [0.29, 0.717) is 17.3 Å². The number of hydrogen-bond donors (Lipinski definition) is 1. The summed E-state index contributed by atoms with van der Waals surface area (Å²) in [4.78, 5) is 12.2. The highest BCUT2D eigenvalue weighted by atomic mass is 35.5. The number of nitrogens with one attached hydrogen (secondary N) is 1. The topological polar surface area (TPSA) is 34.0 Å². The lowest BCUT2D eigenvalue weighted by atomic mass is 10.2. The predicted octanol–water partition coefficient (Wildman–Crippen LogP) is 3.82. The van der Waals surface area contributed by atoms with Gasteiger partial charge >= 0.3 is 0 Å². The van der Waals surface area contributed by atoms with Crippen molar-refractivity contribution in [3.8, 4) is 0 Å². The Hall–Kier alpha value is -1.78. The summed E-state index contributed by atoms with van der Waals surface area (Å²) in [7, 11) is 1.91. The number of aryl methyl sites for hydroxylation is 1. The third-order valence-corrected chi connectivity index (χ3v) is 4.37. The van der Waals surface area contributed by atoms with E-state index < -0.39 is 0 Å². The number of rotatable bonds is 3. The van der Waals surface area contributed by atoms with Crippen LogP contribution in [0, 0.1) is 0 Å². The van der Waals surface area contributed by atoms with E-state index in [9.17, 15) is 4.79 Å². The van der Waals surface area contributed by atoms with Gasteiger partial charge in [-0.25, -0.2) is 0 Å². The van der Waals surface area contributed by atoms with E-state index in [1.807, 2.05) is 53.4 Å². The molecule has 0 unspecified atom stereocenters. The van der Waals surface area contributed by atoms with Crippen molar-refractivity contribution in [2.75, 3.05) is 0 Å². The average Bonchev–Trinajstić information content (AvgIpc) is 3.01. The first kappa shape index (κ1) is 13.2. The van der Waals surface area contributed by atoms with E-state index in [0.717, 1.165) is 15.8 Å². The maximum atomic E-state index is 12.2. The Morgan fingerprint density at radius 1 is 1.30 bits per heavy atom. The van der Waals surface area contributed by atoms with Gasteiger partial charge in [-0.15, -0.1) is 11.3 Å². The number of halogens is 1. The molecule has 2 heterocycles. The molecule has 0 radical (unpaired) electrons. The molecule has 1 aromatic carbocycles. The van der Waals surface area contributed by atoms with Gasteiger partial charge in [0.1, 0.15) is 5.69 Å². The van der Waals surface area contributed by atoms with Crippen LogP contribution in [0.25, 0.3) is 10.2 Å². The summed E-state index contributed by atoms with van der Waals surface area (Å²) in [5, 5.41) is 5.65. The molecule has 0 fully saturated rings. The SMILES string of the molecule is Cn1c(C(=O)NCc2ccc(Cl)cc2)cc2sccc21. The summed E-state index contributed by atoms with van der Waals surface area (Å²) in [6.07, 6.45) is 0. The number of carbonyl (C=O) groups is 1. The van der Waals surface area contributed by atoms with Gasteiger partial charge in [0.05, 0.1) is 10.2 Å². The van der Waals surface area contributed by atoms with E-state index in [1.165, 1.54) is 0 Å². The third-order valence-electron chi connectivity index (χ3n) is 3.26. The van der Waals surface area contributed by atoms with Crippen LogP contribution in [0.5, 0.6) is 0 Å². The van der Waals surface area contributed by atoms with Crippen molar-refractivity contribution in [2.45, 2.75) is 6.54 Å². The Morgan fingerprint density at radius 3 is 2.75 bits per heavy atom. The number of thiophene rings is 1. The zero-order valence-corrected chi connectivity index (χ0v) is 12.5. The molecule has 3 rings (SSSR count). The van der Waals surface area contributed by atoms with Crippen LogP contribution in [-0.4, -0.2) is 10.5 Å². The number of benzene rings is 1. The van der Waals surface area contributed by atoms with Crippen LogP contribution in [0.4, 0.5) is 0 Å². The van der Waals surface area contributed by atoms with Crippen LogP contribution in [-0.2, 0) is 13.6 Å². The molecule has 0 spiro atoms. The highest BCUT2D eigenvalue weighted by Crippen LogP contribution is 2.24. The van der Waals surface area contributed by atoms with Crippen molar-refractivity contribution in [2.24, 2.45) is 7.05 Å². The maximum absolute atomic E-state index is 12.2. The second kappa shape index (κ2) is 5.31. The molecule has 5 heteroatoms. The van der Waals surface area contributed by atoms with Crippen LogP contribution in [0.2, 0.25) is 5.02 Å². The number of nitrogens with zero attached hydrogens (tertiary/aromatic N) is 1. The van der Waals surface area contributed by atoms with Crippen LogP contribution in [0.15, 0.2) is 41.8 Å². The summed E-state index contributed by atoms with van der Waals surface area (Å²) in [5.74, 6) is -0.0640. The molecule has 0 aliphatic rings. The van der Waals surface area contributed by atoms with Crippen LogP contribution < -0.4 is 5.32 Å². The standard InChI is InChI=1S/C15H13ClN2OS/c1-18-12-6-7-20-14(12)8-13(18)15(19)17-9-10-2-4-11(16)5-3-10/h2-8H,9H2,1H3,(H,17,19). The molecular formula is C15H13ClN2OS. The molecule has 0 atom stereocenters. The lowest BCUT2D eigenvalue weighted by molar-refractivity contribution is 0.0943. The fourth-order valence-electron chi connectivity index (χ4n) is 2.14. The van der Waals surface area contributed by atoms with Crippen LogP contribution in [0.1, 0.15) is 16.1 Å². The second-order valence-electron chi connectivity index (χ2n) is 4.57. The Bertz CT molecular complexity index is 758. The summed E-state index contributed by atoms with van der Waals surface area (Å²) in [6, 6.07) is 11.4. The van der Waals surface area contributed by atoms with Gasteiger partial charge in [0.15, 0.2) is 0 Å². The molecule has 102 valence electrons. The molecule has 20 heavy (non-hydrogen) atoms. The van der Waals surface area contributed by atoms with Gasteiger partial charge in [0.25, 0.3) is 5.91 Å². The molecule has 0 saturated heterocycles. The number of aromatic nitrogens is 1. The molecule has 3 nitrogen and oxygen atoms in total. The van der Waals surface area contributed by atoms with E-state index in [1.54, 1.807) is 11.3 Å². The van der Waals surface area contributed by atoms with Crippen LogP contribution in [0.3, 0.4) is 0 Å². The first-order chi connectivity index (χ1) is 9.65. The highest BCUT2D eigenvalue weighted by molar-refractivity contribution is 7.17. The van der Waals surface area contributed by atoms with Gasteiger partial charge in [-0.1, -0.05) is 23.7 Å². The summed E-state index contributed by atoms with van der Waals surface area (Å²) in [6.45, 7) is 0.495. The molecular weight excluding hydrogens is 292 g/mol. The van der Waals surface area contributed by atoms with Crippen molar-refractivity contribution < 1.29 is 4.79 Å². The zero-order chi connectivity index (χ0) is 14.1. The Morgan fingerprint density at radius 2 is 2.05 bits per heavy atom. The molecule has 0 bridgehead atoms. The van der Waals surface area contributed by atoms with E-state index in [-0.39, 0.29) is 5.91 Å². The fraction of sp³-hybridized carbons (Fsp3) is 0.133. The minimum absolute atomic E-state index is 0.0640. The summed E-state index contributed by atoms with van der Waals surface area (Å²) in [5.41, 5.74) is 2.80. The number of fused-ring (bicyclic) bond motifs is 1. The lowest BCUT2D eigenvalue weighted by Gasteiger charge is -2.06. The molecule has 2 aromatic heterocycles. The smallest absolute Gasteiger partial charge is 0.268 e.